The molecular formula is C13H14BNO3. The highest BCUT2D eigenvalue weighted by Gasteiger charge is 2.19. The molecule has 0 atom stereocenters. The Morgan fingerprint density at radius 2 is 1.94 bits per heavy atom. The average molecular weight is 243 g/mol. The molecule has 0 N–H and O–H groups in total. The molecule has 1 saturated heterocycles. The summed E-state index contributed by atoms with van der Waals surface area (Å²) in [6.45, 7) is 3.73. The van der Waals surface area contributed by atoms with Crippen LogP contribution >= 0.6 is 0 Å². The Bertz CT molecular complexity index is 481. The van der Waals surface area contributed by atoms with Gasteiger partial charge in [-0.05, 0) is 13.0 Å². The standard InChI is InChI=1S/C13H14BNO3/c1-9(16)10-2-3-11(12(14)8-10)13(17)15-4-6-18-7-5-15/h2-3,8H,4-7H2,1H3. The fourth-order valence-electron chi connectivity index (χ4n) is 1.91. The molecular weight excluding hydrogens is 229 g/mol. The fraction of sp³-hybridized carbons (Fsp3) is 0.385. The van der Waals surface area contributed by atoms with E-state index in [1.165, 1.54) is 6.92 Å². The Morgan fingerprint density at radius 1 is 1.28 bits per heavy atom. The lowest BCUT2D eigenvalue weighted by molar-refractivity contribution is 0.0304. The van der Waals surface area contributed by atoms with Crippen LogP contribution in [0.3, 0.4) is 0 Å². The topological polar surface area (TPSA) is 46.6 Å². The second-order valence-electron chi connectivity index (χ2n) is 4.26. The first kappa shape index (κ1) is 12.8. The molecule has 92 valence electrons. The number of amides is 1. The van der Waals surface area contributed by atoms with E-state index in [4.69, 9.17) is 12.6 Å². The van der Waals surface area contributed by atoms with Gasteiger partial charge in [-0.15, -0.1) is 0 Å². The number of carbonyl (C=O) groups is 2. The number of carbonyl (C=O) groups excluding carboxylic acids is 2. The van der Waals surface area contributed by atoms with Gasteiger partial charge in [0.15, 0.2) is 5.78 Å². The Hall–Kier alpha value is -1.62. The predicted octanol–water partition coefficient (Wildman–Crippen LogP) is 0.155. The summed E-state index contributed by atoms with van der Waals surface area (Å²) in [7, 11) is 5.84. The van der Waals surface area contributed by atoms with Crippen LogP contribution in [0, 0.1) is 0 Å². The minimum atomic E-state index is -0.106. The van der Waals surface area contributed by atoms with Crippen LogP contribution in [-0.2, 0) is 4.74 Å². The highest BCUT2D eigenvalue weighted by Crippen LogP contribution is 2.07. The summed E-state index contributed by atoms with van der Waals surface area (Å²) in [5.41, 5.74) is 1.31. The van der Waals surface area contributed by atoms with Crippen molar-refractivity contribution in [2.45, 2.75) is 6.92 Å². The van der Waals surface area contributed by atoms with Gasteiger partial charge in [-0.3, -0.25) is 9.59 Å². The van der Waals surface area contributed by atoms with E-state index >= 15 is 0 Å². The van der Waals surface area contributed by atoms with Gasteiger partial charge in [-0.1, -0.05) is 17.6 Å². The molecule has 1 aromatic carbocycles. The first-order chi connectivity index (χ1) is 8.59. The van der Waals surface area contributed by atoms with Gasteiger partial charge in [-0.2, -0.15) is 0 Å². The number of morpholine rings is 1. The average Bonchev–Trinajstić information content (AvgIpc) is 2.38. The van der Waals surface area contributed by atoms with Crippen molar-refractivity contribution in [3.05, 3.63) is 29.3 Å². The molecule has 1 heterocycles. The van der Waals surface area contributed by atoms with Crippen molar-refractivity contribution < 1.29 is 14.3 Å². The van der Waals surface area contributed by atoms with E-state index in [1.807, 2.05) is 0 Å². The quantitative estimate of drug-likeness (QED) is 0.549. The summed E-state index contributed by atoms with van der Waals surface area (Å²) in [6, 6.07) is 4.80. The van der Waals surface area contributed by atoms with E-state index in [2.05, 4.69) is 0 Å². The van der Waals surface area contributed by atoms with Crippen molar-refractivity contribution in [2.75, 3.05) is 26.3 Å². The van der Waals surface area contributed by atoms with Crippen LogP contribution in [0.1, 0.15) is 27.6 Å². The van der Waals surface area contributed by atoms with E-state index in [0.29, 0.717) is 42.9 Å². The van der Waals surface area contributed by atoms with E-state index in [9.17, 15) is 9.59 Å². The van der Waals surface area contributed by atoms with E-state index in [1.54, 1.807) is 23.1 Å². The smallest absolute Gasteiger partial charge is 0.253 e. The molecule has 0 aliphatic carbocycles. The summed E-state index contributed by atoms with van der Waals surface area (Å²) in [4.78, 5) is 25.1. The predicted molar refractivity (Wildman–Crippen MR) is 68.6 cm³/mol. The maximum absolute atomic E-state index is 12.2. The van der Waals surface area contributed by atoms with Crippen LogP contribution in [0.2, 0.25) is 0 Å². The van der Waals surface area contributed by atoms with Gasteiger partial charge in [0.25, 0.3) is 5.91 Å². The van der Waals surface area contributed by atoms with Crippen molar-refractivity contribution in [1.82, 2.24) is 4.90 Å². The lowest BCUT2D eigenvalue weighted by atomic mass is 9.87. The molecule has 4 nitrogen and oxygen atoms in total. The molecule has 0 spiro atoms. The summed E-state index contributed by atoms with van der Waals surface area (Å²) in [5, 5.41) is 0. The van der Waals surface area contributed by atoms with Crippen molar-refractivity contribution >= 4 is 25.0 Å². The number of ether oxygens (including phenoxy) is 1. The highest BCUT2D eigenvalue weighted by molar-refractivity contribution is 6.37. The Kier molecular flexibility index (Phi) is 3.82. The third-order valence-electron chi connectivity index (χ3n) is 2.99. The molecule has 2 radical (unpaired) electrons. The molecule has 0 aromatic heterocycles. The van der Waals surface area contributed by atoms with Gasteiger partial charge in [0.05, 0.1) is 13.2 Å². The Balaban J connectivity index is 2.22. The SMILES string of the molecule is [B]c1cc(C(C)=O)ccc1C(=O)N1CCOCC1. The van der Waals surface area contributed by atoms with Gasteiger partial charge in [0.2, 0.25) is 0 Å². The first-order valence-electron chi connectivity index (χ1n) is 5.87. The first-order valence-corrected chi connectivity index (χ1v) is 5.87. The van der Waals surface area contributed by atoms with Crippen molar-refractivity contribution in [3.63, 3.8) is 0 Å². The number of rotatable bonds is 2. The van der Waals surface area contributed by atoms with Crippen LogP contribution < -0.4 is 5.46 Å². The van der Waals surface area contributed by atoms with E-state index in [-0.39, 0.29) is 11.7 Å². The van der Waals surface area contributed by atoms with Crippen LogP contribution in [0.4, 0.5) is 0 Å². The minimum Gasteiger partial charge on any atom is -0.378 e. The van der Waals surface area contributed by atoms with Crippen LogP contribution in [0.15, 0.2) is 18.2 Å². The molecule has 0 bridgehead atoms. The van der Waals surface area contributed by atoms with Crippen LogP contribution in [-0.4, -0.2) is 50.7 Å². The number of benzene rings is 1. The third-order valence-corrected chi connectivity index (χ3v) is 2.99. The molecule has 1 aromatic rings. The number of ketones is 1. The normalized spacial score (nSPS) is 15.5. The number of nitrogens with zero attached hydrogens (tertiary/aromatic N) is 1. The molecule has 2 rings (SSSR count). The summed E-state index contributed by atoms with van der Waals surface area (Å²) in [5.74, 6) is -0.169. The second-order valence-corrected chi connectivity index (χ2v) is 4.26. The van der Waals surface area contributed by atoms with Gasteiger partial charge in [0, 0.05) is 24.2 Å². The van der Waals surface area contributed by atoms with Gasteiger partial charge in [0.1, 0.15) is 7.85 Å². The van der Waals surface area contributed by atoms with Gasteiger partial charge >= 0.3 is 0 Å². The third kappa shape index (κ3) is 2.62. The summed E-state index contributed by atoms with van der Waals surface area (Å²) >= 11 is 0. The minimum absolute atomic E-state index is 0.0629. The Labute approximate surface area is 107 Å². The van der Waals surface area contributed by atoms with E-state index in [0.717, 1.165) is 0 Å². The van der Waals surface area contributed by atoms with Crippen LogP contribution in [0.25, 0.3) is 0 Å². The molecule has 1 aliphatic heterocycles. The molecule has 0 unspecified atom stereocenters. The van der Waals surface area contributed by atoms with Crippen molar-refractivity contribution in [3.8, 4) is 0 Å². The molecule has 1 aliphatic rings. The van der Waals surface area contributed by atoms with Crippen molar-refractivity contribution in [2.24, 2.45) is 0 Å². The number of Topliss-reactive ketones (excluding diaryl/α,β-unsaturated/α-hetero) is 1. The van der Waals surface area contributed by atoms with Crippen LogP contribution in [0.5, 0.6) is 0 Å². The lowest BCUT2D eigenvalue weighted by Gasteiger charge is -2.27. The number of hydrogen-bond acceptors (Lipinski definition) is 3. The zero-order valence-corrected chi connectivity index (χ0v) is 10.3. The maximum atomic E-state index is 12.2. The zero-order valence-electron chi connectivity index (χ0n) is 10.3. The number of hydrogen-bond donors (Lipinski definition) is 0. The molecule has 5 heteroatoms. The molecule has 18 heavy (non-hydrogen) atoms. The highest BCUT2D eigenvalue weighted by atomic mass is 16.5. The molecule has 1 fully saturated rings. The van der Waals surface area contributed by atoms with Crippen molar-refractivity contribution in [1.29, 1.82) is 0 Å². The fourth-order valence-corrected chi connectivity index (χ4v) is 1.91. The lowest BCUT2D eigenvalue weighted by Crippen LogP contribution is -2.42. The maximum Gasteiger partial charge on any atom is 0.253 e. The monoisotopic (exact) mass is 243 g/mol. The molecule has 1 amide bonds. The molecule has 0 saturated carbocycles. The summed E-state index contributed by atoms with van der Waals surface area (Å²) < 4.78 is 5.20. The Morgan fingerprint density at radius 3 is 2.50 bits per heavy atom. The largest absolute Gasteiger partial charge is 0.378 e. The van der Waals surface area contributed by atoms with Gasteiger partial charge in [-0.25, -0.2) is 0 Å². The van der Waals surface area contributed by atoms with Gasteiger partial charge < -0.3 is 9.64 Å². The zero-order chi connectivity index (χ0) is 13.1. The summed E-state index contributed by atoms with van der Waals surface area (Å²) in [6.07, 6.45) is 0. The van der Waals surface area contributed by atoms with E-state index < -0.39 is 0 Å². The second kappa shape index (κ2) is 5.35.